The molecule has 0 saturated heterocycles. The van der Waals surface area contributed by atoms with E-state index in [9.17, 15) is 14.4 Å². The molecule has 0 aliphatic heterocycles. The summed E-state index contributed by atoms with van der Waals surface area (Å²) < 4.78 is 0. The molecule has 1 aromatic carbocycles. The van der Waals surface area contributed by atoms with Crippen LogP contribution in [0, 0.1) is 6.92 Å². The van der Waals surface area contributed by atoms with Crippen LogP contribution in [0.3, 0.4) is 0 Å². The number of guanidine groups is 1. The van der Waals surface area contributed by atoms with Crippen molar-refractivity contribution in [2.24, 2.45) is 16.8 Å². The summed E-state index contributed by atoms with van der Waals surface area (Å²) in [6, 6.07) is 10.1. The van der Waals surface area contributed by atoms with Gasteiger partial charge in [-0.2, -0.15) is 0 Å². The van der Waals surface area contributed by atoms with Crippen LogP contribution in [0.1, 0.15) is 57.1 Å². The number of rotatable bonds is 15. The number of unbranched alkanes of at least 4 members (excludes halogenated alkanes) is 1. The lowest BCUT2D eigenvalue weighted by molar-refractivity contribution is -0.126. The van der Waals surface area contributed by atoms with Crippen LogP contribution >= 0.6 is 0 Å². The van der Waals surface area contributed by atoms with E-state index in [4.69, 9.17) is 11.7 Å². The summed E-state index contributed by atoms with van der Waals surface area (Å²) in [5.41, 5.74) is 5.67. The van der Waals surface area contributed by atoms with E-state index in [0.29, 0.717) is 25.5 Å². The number of hydrogen-bond acceptors (Lipinski definition) is 10. The normalized spacial score (nSPS) is 10.2. The van der Waals surface area contributed by atoms with E-state index in [-0.39, 0.29) is 49.2 Å². The van der Waals surface area contributed by atoms with Crippen LogP contribution < -0.4 is 44.5 Å². The molecule has 0 spiro atoms. The summed E-state index contributed by atoms with van der Waals surface area (Å²) in [4.78, 5) is 43.0. The first-order valence-corrected chi connectivity index (χ1v) is 14.4. The van der Waals surface area contributed by atoms with Crippen molar-refractivity contribution in [1.29, 1.82) is 0 Å². The van der Waals surface area contributed by atoms with Gasteiger partial charge in [0, 0.05) is 38.3 Å². The molecule has 0 aliphatic carbocycles. The Morgan fingerprint density at radius 1 is 0.911 bits per heavy atom. The van der Waals surface area contributed by atoms with Crippen LogP contribution in [0.25, 0.3) is 5.57 Å². The van der Waals surface area contributed by atoms with E-state index in [1.165, 1.54) is 11.1 Å². The minimum atomic E-state index is -0.383. The van der Waals surface area contributed by atoms with Gasteiger partial charge in [0.05, 0.1) is 6.54 Å². The first kappa shape index (κ1) is 42.1. The fourth-order valence-electron chi connectivity index (χ4n) is 3.26. The third-order valence-electron chi connectivity index (χ3n) is 5.45. The van der Waals surface area contributed by atoms with Crippen LogP contribution in [0.15, 0.2) is 79.2 Å². The van der Waals surface area contributed by atoms with Gasteiger partial charge in [-0.1, -0.05) is 75.1 Å². The molecule has 0 radical (unpaired) electrons. The molecule has 3 amide bonds. The Kier molecular flexibility index (Phi) is 25.9. The van der Waals surface area contributed by atoms with E-state index in [1.54, 1.807) is 24.5 Å². The maximum Gasteiger partial charge on any atom is 0.239 e. The molecular weight excluding hydrogens is 574 g/mol. The van der Waals surface area contributed by atoms with E-state index in [2.05, 4.69) is 86.1 Å². The summed E-state index contributed by atoms with van der Waals surface area (Å²) in [7, 11) is 0. The average molecular weight is 626 g/mol. The van der Waals surface area contributed by atoms with Crippen molar-refractivity contribution in [2.45, 2.75) is 52.9 Å². The largest absolute Gasteiger partial charge is 0.355 e. The monoisotopic (exact) mass is 625 g/mol. The highest BCUT2D eigenvalue weighted by Crippen LogP contribution is 2.15. The third-order valence-corrected chi connectivity index (χ3v) is 5.45. The Morgan fingerprint density at radius 3 is 2.11 bits per heavy atom. The van der Waals surface area contributed by atoms with Crippen LogP contribution in [0.2, 0.25) is 0 Å². The first-order valence-electron chi connectivity index (χ1n) is 14.4. The number of allylic oxidation sites excluding steroid dienone is 4. The lowest BCUT2D eigenvalue weighted by Gasteiger charge is -2.08. The molecule has 14 nitrogen and oxygen atoms in total. The fraction of sp³-hybridized carbons (Fsp3) is 0.355. The standard InChI is InChI=1S/C16H28N10O3.C13H14.C2H6.H3N/c17-25-16(26-18)24-13(28)6-3-5-12(27)23-11-14(29)19-7-1-2-8-20-15-21-9-4-10-22-15;1-4-6-12(5-2)13-9-7-11(3)8-10-13;1-2;/h4,9-10H,1-3,5-8,11,17-18H2,(H,19,29)(H,23,27)(H,20,21,22)(H2,24,25,26,28);4-10H,1-2H2,3H3;1-2H3;1H3/b;12-6+;;. The van der Waals surface area contributed by atoms with E-state index in [0.717, 1.165) is 18.4 Å². The van der Waals surface area contributed by atoms with E-state index in [1.807, 2.05) is 26.0 Å². The van der Waals surface area contributed by atoms with Gasteiger partial charge < -0.3 is 27.9 Å². The van der Waals surface area contributed by atoms with Gasteiger partial charge in [0.2, 0.25) is 29.6 Å². The Balaban J connectivity index is 0. The quantitative estimate of drug-likeness (QED) is 0.0360. The van der Waals surface area contributed by atoms with Gasteiger partial charge in [-0.25, -0.2) is 15.8 Å². The second-order valence-corrected chi connectivity index (χ2v) is 8.78. The second-order valence-electron chi connectivity index (χ2n) is 8.78. The van der Waals surface area contributed by atoms with Gasteiger partial charge in [-0.15, -0.1) is 5.10 Å². The Hall–Kier alpha value is -5.08. The van der Waals surface area contributed by atoms with Crippen molar-refractivity contribution >= 4 is 35.2 Å². The molecule has 1 heterocycles. The molecule has 0 fully saturated rings. The average Bonchev–Trinajstić information content (AvgIpc) is 3.05. The lowest BCUT2D eigenvalue weighted by atomic mass is 10.0. The number of aryl methyl sites for hydroxylation is 1. The number of carbonyl (C=O) groups excluding carboxylic acids is 3. The van der Waals surface area contributed by atoms with Gasteiger partial charge >= 0.3 is 0 Å². The lowest BCUT2D eigenvalue weighted by Crippen LogP contribution is -2.45. The van der Waals surface area contributed by atoms with Crippen molar-refractivity contribution in [2.75, 3.05) is 25.0 Å². The zero-order valence-corrected chi connectivity index (χ0v) is 26.8. The summed E-state index contributed by atoms with van der Waals surface area (Å²) >= 11 is 0. The number of carbonyl (C=O) groups is 3. The Morgan fingerprint density at radius 2 is 1.53 bits per heavy atom. The van der Waals surface area contributed by atoms with Gasteiger partial charge in [0.1, 0.15) is 0 Å². The molecular formula is C31H51N11O3. The fourth-order valence-corrected chi connectivity index (χ4v) is 3.26. The number of anilines is 1. The predicted molar refractivity (Wildman–Crippen MR) is 183 cm³/mol. The number of hydrazine groups is 1. The van der Waals surface area contributed by atoms with Crippen molar-refractivity contribution < 1.29 is 14.4 Å². The minimum Gasteiger partial charge on any atom is -0.355 e. The minimum absolute atomic E-state index is 0. The highest BCUT2D eigenvalue weighted by Gasteiger charge is 2.08. The first-order chi connectivity index (χ1) is 21.3. The smallest absolute Gasteiger partial charge is 0.239 e. The van der Waals surface area contributed by atoms with Gasteiger partial charge in [-0.05, 0) is 43.4 Å². The van der Waals surface area contributed by atoms with Crippen molar-refractivity contribution in [1.82, 2.24) is 37.5 Å². The molecule has 0 aliphatic rings. The summed E-state index contributed by atoms with van der Waals surface area (Å²) in [6.45, 7) is 14.6. The van der Waals surface area contributed by atoms with E-state index < -0.39 is 0 Å². The van der Waals surface area contributed by atoms with Crippen molar-refractivity contribution in [3.8, 4) is 0 Å². The molecule has 0 saturated carbocycles. The van der Waals surface area contributed by atoms with Crippen molar-refractivity contribution in [3.05, 3.63) is 85.2 Å². The number of hydrazone groups is 1. The zero-order valence-electron chi connectivity index (χ0n) is 26.8. The molecule has 2 aromatic rings. The molecule has 0 bridgehead atoms. The maximum atomic E-state index is 11.7. The molecule has 14 heteroatoms. The van der Waals surface area contributed by atoms with Crippen LogP contribution in [-0.2, 0) is 14.4 Å². The number of amides is 3. The molecule has 1 aromatic heterocycles. The summed E-state index contributed by atoms with van der Waals surface area (Å²) in [5.74, 6) is 9.59. The molecule has 2 rings (SSSR count). The molecule has 12 N–H and O–H groups in total. The zero-order chi connectivity index (χ0) is 33.0. The topological polar surface area (TPSA) is 237 Å². The van der Waals surface area contributed by atoms with Gasteiger partial charge in [0.25, 0.3) is 0 Å². The predicted octanol–water partition coefficient (Wildman–Crippen LogP) is 2.82. The molecule has 0 unspecified atom stereocenters. The Labute approximate surface area is 266 Å². The number of nitrogens with zero attached hydrogens (tertiary/aromatic N) is 3. The van der Waals surface area contributed by atoms with Crippen LogP contribution in [0.5, 0.6) is 0 Å². The number of nitrogens with one attached hydrogen (secondary N) is 5. The van der Waals surface area contributed by atoms with Gasteiger partial charge in [0.15, 0.2) is 0 Å². The van der Waals surface area contributed by atoms with Gasteiger partial charge in [-0.3, -0.25) is 25.1 Å². The summed E-state index contributed by atoms with van der Waals surface area (Å²) in [5, 5.41) is 13.8. The van der Waals surface area contributed by atoms with Crippen LogP contribution in [0.4, 0.5) is 5.95 Å². The SMILES string of the molecule is C=C/C=C(\C=C)c1ccc(C)cc1.CC.N.N/N=C(\NN)NC(=O)CCCC(=O)NCC(=O)NCCCCNc1ncccn1. The van der Waals surface area contributed by atoms with E-state index >= 15 is 0 Å². The van der Waals surface area contributed by atoms with Crippen LogP contribution in [-0.4, -0.2) is 53.3 Å². The third kappa shape index (κ3) is 21.3. The maximum absolute atomic E-state index is 11.7. The highest BCUT2D eigenvalue weighted by molar-refractivity contribution is 5.96. The number of hydrogen-bond donors (Lipinski definition) is 8. The van der Waals surface area contributed by atoms with Crippen molar-refractivity contribution in [3.63, 3.8) is 0 Å². The number of benzene rings is 1. The Bertz CT molecular complexity index is 1190. The number of nitrogens with two attached hydrogens (primary N) is 2. The second kappa shape index (κ2) is 27.7. The molecule has 0 atom stereocenters. The highest BCUT2D eigenvalue weighted by atomic mass is 16.2. The number of aromatic nitrogens is 2. The summed E-state index contributed by atoms with van der Waals surface area (Å²) in [6.07, 6.45) is 11.0. The molecule has 45 heavy (non-hydrogen) atoms. The molecule has 248 valence electrons.